The molecule has 0 heterocycles. The molecule has 18 heavy (non-hydrogen) atoms. The van der Waals surface area contributed by atoms with Gasteiger partial charge in [-0.25, -0.2) is 0 Å². The van der Waals surface area contributed by atoms with Crippen LogP contribution in [0.25, 0.3) is 0 Å². The first kappa shape index (κ1) is 14.3. The van der Waals surface area contributed by atoms with E-state index in [1.54, 1.807) is 14.2 Å². The molecule has 0 saturated carbocycles. The van der Waals surface area contributed by atoms with Gasteiger partial charge in [-0.2, -0.15) is 0 Å². The van der Waals surface area contributed by atoms with Crippen LogP contribution in [-0.4, -0.2) is 37.8 Å². The van der Waals surface area contributed by atoms with Gasteiger partial charge in [-0.1, -0.05) is 0 Å². The van der Waals surface area contributed by atoms with E-state index in [-0.39, 0.29) is 0 Å². The highest BCUT2D eigenvalue weighted by Gasteiger charge is 2.15. The van der Waals surface area contributed by atoms with Crippen molar-refractivity contribution in [3.63, 3.8) is 0 Å². The number of carboxylic acids is 1. The number of hydrogen-bond acceptors (Lipinski definition) is 4. The molecule has 0 spiro atoms. The van der Waals surface area contributed by atoms with Gasteiger partial charge in [-0.15, -0.1) is 0 Å². The van der Waals surface area contributed by atoms with Gasteiger partial charge >= 0.3 is 5.97 Å². The Hall–Kier alpha value is -1.75. The molecule has 0 radical (unpaired) electrons. The first-order chi connectivity index (χ1) is 8.49. The molecule has 0 aliphatic carbocycles. The van der Waals surface area contributed by atoms with E-state index < -0.39 is 12.0 Å². The largest absolute Gasteiger partial charge is 0.495 e. The Labute approximate surface area is 107 Å². The molecular weight excluding hydrogens is 232 g/mol. The van der Waals surface area contributed by atoms with Crippen molar-refractivity contribution < 1.29 is 14.6 Å². The molecule has 3 N–H and O–H groups in total. The van der Waals surface area contributed by atoms with E-state index in [1.165, 1.54) is 0 Å². The number of carboxylic acid groups (broad SMARTS) is 1. The Morgan fingerprint density at radius 3 is 2.50 bits per heavy atom. The standard InChI is InChI=1S/C13H20N2O3/c1-8-5-10(12(18-4)6-9(8)2)15-7-11(14-3)13(16)17/h5-6,11,14-15H,7H2,1-4H3,(H,16,17). The van der Waals surface area contributed by atoms with Crippen molar-refractivity contribution in [2.24, 2.45) is 0 Å². The molecule has 1 unspecified atom stereocenters. The predicted molar refractivity (Wildman–Crippen MR) is 71.4 cm³/mol. The van der Waals surface area contributed by atoms with Crippen LogP contribution in [-0.2, 0) is 4.79 Å². The quantitative estimate of drug-likeness (QED) is 0.714. The first-order valence-electron chi connectivity index (χ1n) is 5.78. The molecule has 0 bridgehead atoms. The van der Waals surface area contributed by atoms with E-state index >= 15 is 0 Å². The maximum absolute atomic E-state index is 10.9. The predicted octanol–water partition coefficient (Wildman–Crippen LogP) is 1.40. The molecule has 1 aromatic carbocycles. The Bertz CT molecular complexity index is 432. The Balaban J connectivity index is 2.83. The third kappa shape index (κ3) is 3.37. The van der Waals surface area contributed by atoms with E-state index in [4.69, 9.17) is 9.84 Å². The number of anilines is 1. The summed E-state index contributed by atoms with van der Waals surface area (Å²) in [5, 5.41) is 14.8. The molecule has 0 amide bonds. The van der Waals surface area contributed by atoms with Crippen LogP contribution in [0.4, 0.5) is 5.69 Å². The molecule has 0 aromatic heterocycles. The second-order valence-electron chi connectivity index (χ2n) is 4.20. The molecule has 0 aliphatic rings. The van der Waals surface area contributed by atoms with Crippen molar-refractivity contribution in [2.75, 3.05) is 26.0 Å². The third-order valence-corrected chi connectivity index (χ3v) is 2.96. The smallest absolute Gasteiger partial charge is 0.322 e. The van der Waals surface area contributed by atoms with Gasteiger partial charge in [0.1, 0.15) is 11.8 Å². The lowest BCUT2D eigenvalue weighted by atomic mass is 10.1. The number of carbonyl (C=O) groups is 1. The van der Waals surface area contributed by atoms with Crippen molar-refractivity contribution in [2.45, 2.75) is 19.9 Å². The van der Waals surface area contributed by atoms with Crippen LogP contribution in [0.5, 0.6) is 5.75 Å². The number of nitrogens with one attached hydrogen (secondary N) is 2. The summed E-state index contributed by atoms with van der Waals surface area (Å²) in [6.45, 7) is 4.31. The molecule has 0 aliphatic heterocycles. The molecule has 5 nitrogen and oxygen atoms in total. The molecular formula is C13H20N2O3. The van der Waals surface area contributed by atoms with Crippen molar-refractivity contribution in [1.29, 1.82) is 0 Å². The first-order valence-corrected chi connectivity index (χ1v) is 5.78. The average Bonchev–Trinajstić information content (AvgIpc) is 2.33. The number of methoxy groups -OCH3 is 1. The normalized spacial score (nSPS) is 12.0. The van der Waals surface area contributed by atoms with Gasteiger partial charge in [-0.3, -0.25) is 4.79 Å². The van der Waals surface area contributed by atoms with Gasteiger partial charge in [0.05, 0.1) is 12.8 Å². The fourth-order valence-electron chi connectivity index (χ4n) is 1.62. The minimum Gasteiger partial charge on any atom is -0.495 e. The Morgan fingerprint density at radius 1 is 1.39 bits per heavy atom. The number of aliphatic carboxylic acids is 1. The fourth-order valence-corrected chi connectivity index (χ4v) is 1.62. The number of benzene rings is 1. The summed E-state index contributed by atoms with van der Waals surface area (Å²) in [5.41, 5.74) is 3.08. The zero-order valence-corrected chi connectivity index (χ0v) is 11.2. The summed E-state index contributed by atoms with van der Waals surface area (Å²) in [5.74, 6) is -0.161. The van der Waals surface area contributed by atoms with Gasteiger partial charge in [0.2, 0.25) is 0 Å². The van der Waals surface area contributed by atoms with Crippen molar-refractivity contribution in [3.8, 4) is 5.75 Å². The highest BCUT2D eigenvalue weighted by molar-refractivity contribution is 5.74. The SMILES string of the molecule is CNC(CNc1cc(C)c(C)cc1OC)C(=O)O. The molecule has 1 aromatic rings. The van der Waals surface area contributed by atoms with Gasteiger partial charge in [0.15, 0.2) is 0 Å². The molecule has 1 atom stereocenters. The van der Waals surface area contributed by atoms with E-state index in [9.17, 15) is 4.79 Å². The maximum Gasteiger partial charge on any atom is 0.322 e. The number of hydrogen-bond donors (Lipinski definition) is 3. The van der Waals surface area contributed by atoms with E-state index in [0.29, 0.717) is 6.54 Å². The van der Waals surface area contributed by atoms with Crippen LogP contribution in [0.15, 0.2) is 12.1 Å². The lowest BCUT2D eigenvalue weighted by molar-refractivity contribution is -0.138. The number of rotatable bonds is 6. The molecule has 0 saturated heterocycles. The molecule has 1 rings (SSSR count). The zero-order valence-electron chi connectivity index (χ0n) is 11.2. The fraction of sp³-hybridized carbons (Fsp3) is 0.462. The third-order valence-electron chi connectivity index (χ3n) is 2.96. The van der Waals surface area contributed by atoms with Gasteiger partial charge in [0, 0.05) is 6.54 Å². The van der Waals surface area contributed by atoms with E-state index in [2.05, 4.69) is 10.6 Å². The summed E-state index contributed by atoms with van der Waals surface area (Å²) >= 11 is 0. The second kappa shape index (κ2) is 6.26. The minimum absolute atomic E-state index is 0.296. The van der Waals surface area contributed by atoms with Gasteiger partial charge in [0.25, 0.3) is 0 Å². The van der Waals surface area contributed by atoms with Crippen molar-refractivity contribution in [1.82, 2.24) is 5.32 Å². The van der Waals surface area contributed by atoms with Gasteiger partial charge in [-0.05, 0) is 44.2 Å². The van der Waals surface area contributed by atoms with Crippen LogP contribution in [0, 0.1) is 13.8 Å². The summed E-state index contributed by atoms with van der Waals surface area (Å²) in [4.78, 5) is 10.9. The highest BCUT2D eigenvalue weighted by Crippen LogP contribution is 2.27. The lowest BCUT2D eigenvalue weighted by Crippen LogP contribution is -2.39. The lowest BCUT2D eigenvalue weighted by Gasteiger charge is -2.16. The highest BCUT2D eigenvalue weighted by atomic mass is 16.5. The molecule has 100 valence electrons. The molecule has 0 fully saturated rings. The minimum atomic E-state index is -0.882. The van der Waals surface area contributed by atoms with Crippen molar-refractivity contribution >= 4 is 11.7 Å². The summed E-state index contributed by atoms with van der Waals surface area (Å²) in [6.07, 6.45) is 0. The Morgan fingerprint density at radius 2 is 2.00 bits per heavy atom. The van der Waals surface area contributed by atoms with E-state index in [1.807, 2.05) is 26.0 Å². The molecule has 5 heteroatoms. The van der Waals surface area contributed by atoms with Crippen LogP contribution in [0.1, 0.15) is 11.1 Å². The zero-order chi connectivity index (χ0) is 13.7. The number of ether oxygens (including phenoxy) is 1. The maximum atomic E-state index is 10.9. The van der Waals surface area contributed by atoms with E-state index in [0.717, 1.165) is 22.6 Å². The summed E-state index contributed by atoms with van der Waals surface area (Å²) < 4.78 is 5.28. The van der Waals surface area contributed by atoms with Gasteiger partial charge < -0.3 is 20.5 Å². The summed E-state index contributed by atoms with van der Waals surface area (Å²) in [7, 11) is 3.22. The number of aryl methyl sites for hydroxylation is 2. The Kier molecular flexibility index (Phi) is 4.97. The van der Waals surface area contributed by atoms with Crippen LogP contribution in [0.3, 0.4) is 0 Å². The average molecular weight is 252 g/mol. The second-order valence-corrected chi connectivity index (χ2v) is 4.20. The van der Waals surface area contributed by atoms with Crippen LogP contribution >= 0.6 is 0 Å². The number of likely N-dealkylation sites (N-methyl/N-ethyl adjacent to an activating group) is 1. The summed E-state index contributed by atoms with van der Waals surface area (Å²) in [6, 6.07) is 3.27. The topological polar surface area (TPSA) is 70.6 Å². The van der Waals surface area contributed by atoms with Crippen molar-refractivity contribution in [3.05, 3.63) is 23.3 Å². The monoisotopic (exact) mass is 252 g/mol. The van der Waals surface area contributed by atoms with Crippen LogP contribution in [0.2, 0.25) is 0 Å². The van der Waals surface area contributed by atoms with Crippen LogP contribution < -0.4 is 15.4 Å².